The molecule has 5 heterocycles. The van der Waals surface area contributed by atoms with E-state index < -0.39 is 23.8 Å². The summed E-state index contributed by atoms with van der Waals surface area (Å²) in [6.45, 7) is 1.45. The van der Waals surface area contributed by atoms with E-state index in [1.807, 2.05) is 24.3 Å². The number of hydrogen-bond donors (Lipinski definition) is 1. The fourth-order valence-electron chi connectivity index (χ4n) is 5.08. The van der Waals surface area contributed by atoms with E-state index in [2.05, 4.69) is 20.0 Å². The molecule has 0 spiro atoms. The van der Waals surface area contributed by atoms with Crippen molar-refractivity contribution in [2.75, 3.05) is 29.4 Å². The predicted octanol–water partition coefficient (Wildman–Crippen LogP) is 4.43. The zero-order valence-corrected chi connectivity index (χ0v) is 19.9. The van der Waals surface area contributed by atoms with Gasteiger partial charge in [-0.3, -0.25) is 4.98 Å². The van der Waals surface area contributed by atoms with E-state index >= 15 is 0 Å². The standard InChI is InChI=1S/C27H25F3N6O/c28-17-1-6-24(30)23(11-17)25-12-18(29)15-35(25)27-8-7-26-32-14-21(36(26)33-27)5-3-19-2-4-20(13-31-19)34-10-9-22(37)16-34/h1-8,11,13-14,18,22,25,37H,9-10,12,15-16H2/b5-3+/t18-,22+,25+/m0/s1. The van der Waals surface area contributed by atoms with E-state index in [1.165, 1.54) is 0 Å². The molecular formula is C27H25F3N6O. The molecule has 37 heavy (non-hydrogen) atoms. The zero-order valence-electron chi connectivity index (χ0n) is 19.9. The fourth-order valence-corrected chi connectivity index (χ4v) is 5.08. The van der Waals surface area contributed by atoms with Crippen molar-refractivity contribution in [3.8, 4) is 0 Å². The van der Waals surface area contributed by atoms with Crippen LogP contribution in [0.15, 0.2) is 54.9 Å². The molecule has 4 aromatic rings. The van der Waals surface area contributed by atoms with Gasteiger partial charge in [0.1, 0.15) is 23.6 Å². The van der Waals surface area contributed by atoms with E-state index in [-0.39, 0.29) is 24.6 Å². The summed E-state index contributed by atoms with van der Waals surface area (Å²) in [5, 5.41) is 14.4. The summed E-state index contributed by atoms with van der Waals surface area (Å²) in [4.78, 5) is 12.7. The van der Waals surface area contributed by atoms with Crippen molar-refractivity contribution in [1.82, 2.24) is 19.6 Å². The first-order valence-electron chi connectivity index (χ1n) is 12.2. The number of alkyl halides is 1. The molecule has 6 rings (SSSR count). The van der Waals surface area contributed by atoms with Gasteiger partial charge in [0.15, 0.2) is 5.65 Å². The van der Waals surface area contributed by atoms with Gasteiger partial charge in [-0.2, -0.15) is 0 Å². The molecule has 0 aliphatic carbocycles. The van der Waals surface area contributed by atoms with Gasteiger partial charge in [0, 0.05) is 25.1 Å². The maximum atomic E-state index is 14.5. The van der Waals surface area contributed by atoms with Crippen LogP contribution in [0.4, 0.5) is 24.7 Å². The maximum Gasteiger partial charge on any atom is 0.154 e. The molecule has 2 fully saturated rings. The van der Waals surface area contributed by atoms with Crippen LogP contribution in [-0.4, -0.2) is 56.6 Å². The Morgan fingerprint density at radius 1 is 0.973 bits per heavy atom. The molecule has 2 aliphatic heterocycles. The summed E-state index contributed by atoms with van der Waals surface area (Å²) in [6.07, 6.45) is 6.46. The SMILES string of the molecule is O[C@@H]1CCN(c2ccc(/C=C/c3cnc4ccc(N5C[C@@H](F)C[C@@H]5c5cc(F)ccc5F)nn34)nc2)C1. The Labute approximate surface area is 211 Å². The van der Waals surface area contributed by atoms with E-state index in [0.29, 0.717) is 23.7 Å². The molecule has 0 bridgehead atoms. The minimum absolute atomic E-state index is 0.0311. The van der Waals surface area contributed by atoms with Gasteiger partial charge in [-0.05, 0) is 61.0 Å². The summed E-state index contributed by atoms with van der Waals surface area (Å²) in [7, 11) is 0. The topological polar surface area (TPSA) is 69.8 Å². The summed E-state index contributed by atoms with van der Waals surface area (Å²) in [5.74, 6) is -0.690. The highest BCUT2D eigenvalue weighted by molar-refractivity contribution is 5.68. The molecule has 2 aliphatic rings. The largest absolute Gasteiger partial charge is 0.391 e. The second kappa shape index (κ2) is 9.51. The van der Waals surface area contributed by atoms with Crippen molar-refractivity contribution in [2.45, 2.75) is 31.2 Å². The number of hydrogen-bond acceptors (Lipinski definition) is 6. The lowest BCUT2D eigenvalue weighted by atomic mass is 10.0. The lowest BCUT2D eigenvalue weighted by Gasteiger charge is -2.26. The molecule has 7 nitrogen and oxygen atoms in total. The lowest BCUT2D eigenvalue weighted by Crippen LogP contribution is -2.26. The number of aromatic nitrogens is 4. The van der Waals surface area contributed by atoms with Gasteiger partial charge in [0.25, 0.3) is 0 Å². The molecule has 1 aromatic carbocycles. The third kappa shape index (κ3) is 4.64. The number of pyridine rings is 1. The van der Waals surface area contributed by atoms with Gasteiger partial charge in [0.2, 0.25) is 0 Å². The summed E-state index contributed by atoms with van der Waals surface area (Å²) >= 11 is 0. The number of anilines is 2. The number of aliphatic hydroxyl groups is 1. The molecule has 3 aromatic heterocycles. The fraction of sp³-hybridized carbons (Fsp3) is 0.296. The van der Waals surface area contributed by atoms with Gasteiger partial charge >= 0.3 is 0 Å². The normalized spacial score (nSPS) is 22.1. The van der Waals surface area contributed by atoms with Crippen molar-refractivity contribution >= 4 is 29.3 Å². The van der Waals surface area contributed by atoms with Gasteiger partial charge in [0.05, 0.1) is 48.2 Å². The number of aliphatic hydroxyl groups excluding tert-OH is 1. The molecular weight excluding hydrogens is 481 g/mol. The number of imidazole rings is 1. The first kappa shape index (κ1) is 23.5. The van der Waals surface area contributed by atoms with Gasteiger partial charge < -0.3 is 14.9 Å². The van der Waals surface area contributed by atoms with Crippen LogP contribution >= 0.6 is 0 Å². The number of nitrogens with zero attached hydrogens (tertiary/aromatic N) is 6. The van der Waals surface area contributed by atoms with Crippen LogP contribution in [0.1, 0.15) is 35.8 Å². The van der Waals surface area contributed by atoms with Crippen molar-refractivity contribution in [2.24, 2.45) is 0 Å². The Morgan fingerprint density at radius 2 is 1.86 bits per heavy atom. The van der Waals surface area contributed by atoms with Gasteiger partial charge in [-0.1, -0.05) is 0 Å². The minimum Gasteiger partial charge on any atom is -0.391 e. The second-order valence-electron chi connectivity index (χ2n) is 9.47. The highest BCUT2D eigenvalue weighted by atomic mass is 19.1. The molecule has 2 saturated heterocycles. The van der Waals surface area contributed by atoms with Gasteiger partial charge in [-0.25, -0.2) is 22.7 Å². The van der Waals surface area contributed by atoms with Crippen molar-refractivity contribution in [3.05, 3.63) is 83.4 Å². The van der Waals surface area contributed by atoms with E-state index in [4.69, 9.17) is 0 Å². The van der Waals surface area contributed by atoms with Crippen LogP contribution in [-0.2, 0) is 0 Å². The smallest absolute Gasteiger partial charge is 0.154 e. The van der Waals surface area contributed by atoms with E-state index in [9.17, 15) is 18.3 Å². The number of fused-ring (bicyclic) bond motifs is 1. The van der Waals surface area contributed by atoms with Gasteiger partial charge in [-0.15, -0.1) is 5.10 Å². The summed E-state index contributed by atoms with van der Waals surface area (Å²) < 4.78 is 44.5. The van der Waals surface area contributed by atoms with E-state index in [1.54, 1.807) is 33.9 Å². The van der Waals surface area contributed by atoms with Crippen LogP contribution in [0, 0.1) is 11.6 Å². The Hall–Kier alpha value is -3.92. The van der Waals surface area contributed by atoms with Crippen LogP contribution in [0.25, 0.3) is 17.8 Å². The average molecular weight is 507 g/mol. The highest BCUT2D eigenvalue weighted by Gasteiger charge is 2.36. The van der Waals surface area contributed by atoms with Crippen LogP contribution in [0.5, 0.6) is 0 Å². The first-order chi connectivity index (χ1) is 17.9. The minimum atomic E-state index is -1.19. The molecule has 10 heteroatoms. The molecule has 190 valence electrons. The van der Waals surface area contributed by atoms with Crippen LogP contribution in [0.3, 0.4) is 0 Å². The Balaban J connectivity index is 1.26. The number of rotatable bonds is 5. The molecule has 0 unspecified atom stereocenters. The van der Waals surface area contributed by atoms with E-state index in [0.717, 1.165) is 42.5 Å². The van der Waals surface area contributed by atoms with Crippen molar-refractivity contribution in [1.29, 1.82) is 0 Å². The van der Waals surface area contributed by atoms with Crippen LogP contribution < -0.4 is 9.80 Å². The Bertz CT molecular complexity index is 1460. The molecule has 3 atom stereocenters. The second-order valence-corrected chi connectivity index (χ2v) is 9.47. The third-order valence-electron chi connectivity index (χ3n) is 6.96. The predicted molar refractivity (Wildman–Crippen MR) is 135 cm³/mol. The monoisotopic (exact) mass is 506 g/mol. The Kier molecular flexibility index (Phi) is 6.03. The third-order valence-corrected chi connectivity index (χ3v) is 6.96. The molecule has 1 N–H and O–H groups in total. The quantitative estimate of drug-likeness (QED) is 0.432. The molecule has 0 saturated carbocycles. The number of halogens is 3. The zero-order chi connectivity index (χ0) is 25.5. The average Bonchev–Trinajstić information content (AvgIpc) is 3.62. The summed E-state index contributed by atoms with van der Waals surface area (Å²) in [5.41, 5.74) is 3.12. The highest BCUT2D eigenvalue weighted by Crippen LogP contribution is 2.38. The molecule has 0 radical (unpaired) electrons. The van der Waals surface area contributed by atoms with Crippen molar-refractivity contribution < 1.29 is 18.3 Å². The summed E-state index contributed by atoms with van der Waals surface area (Å²) in [6, 6.07) is 9.94. The lowest BCUT2D eigenvalue weighted by molar-refractivity contribution is 0.198. The molecule has 0 amide bonds. The van der Waals surface area contributed by atoms with Crippen LogP contribution in [0.2, 0.25) is 0 Å². The maximum absolute atomic E-state index is 14.5. The number of β-amino-alcohol motifs (C(OH)–C–C–N with tert-alkyl or cyclic N) is 1. The Morgan fingerprint density at radius 3 is 2.65 bits per heavy atom. The number of benzene rings is 1. The first-order valence-corrected chi connectivity index (χ1v) is 12.2. The van der Waals surface area contributed by atoms with Crippen molar-refractivity contribution in [3.63, 3.8) is 0 Å².